The molecule has 0 fully saturated rings. The predicted molar refractivity (Wildman–Crippen MR) is 76.7 cm³/mol. The molecule has 1 nitrogen and oxygen atoms in total. The van der Waals surface area contributed by atoms with E-state index in [2.05, 4.69) is 25.1 Å². The summed E-state index contributed by atoms with van der Waals surface area (Å²) in [6.45, 7) is 4.13. The highest BCUT2D eigenvalue weighted by atomic mass is 35.5. The zero-order valence-electron chi connectivity index (χ0n) is 10.0. The molecule has 0 aliphatic carbocycles. The Morgan fingerprint density at radius 3 is 2.76 bits per heavy atom. The van der Waals surface area contributed by atoms with E-state index in [0.717, 1.165) is 22.6 Å². The fourth-order valence-electron chi connectivity index (χ4n) is 1.74. The van der Waals surface area contributed by atoms with Crippen LogP contribution in [0.5, 0.6) is 0 Å². The minimum absolute atomic E-state index is 0.136. The lowest BCUT2D eigenvalue weighted by Gasteiger charge is -2.05. The van der Waals surface area contributed by atoms with Gasteiger partial charge in [-0.25, -0.2) is 0 Å². The molecule has 1 heterocycles. The van der Waals surface area contributed by atoms with Crippen molar-refractivity contribution in [3.8, 4) is 10.4 Å². The third-order valence-corrected chi connectivity index (χ3v) is 4.64. The van der Waals surface area contributed by atoms with Crippen molar-refractivity contribution in [3.05, 3.63) is 45.8 Å². The first-order valence-corrected chi connectivity index (χ1v) is 6.93. The lowest BCUT2D eigenvalue weighted by atomic mass is 10.1. The minimum atomic E-state index is 0.136. The van der Waals surface area contributed by atoms with Gasteiger partial charge < -0.3 is 5.73 Å². The summed E-state index contributed by atoms with van der Waals surface area (Å²) in [5.41, 5.74) is 8.24. The molecule has 0 aliphatic rings. The predicted octanol–water partition coefficient (Wildman–Crippen LogP) is 4.79. The smallest absolute Gasteiger partial charge is 0.0521 e. The van der Waals surface area contributed by atoms with Gasteiger partial charge in [0.15, 0.2) is 0 Å². The third-order valence-electron chi connectivity index (χ3n) is 2.89. The van der Waals surface area contributed by atoms with Crippen molar-refractivity contribution < 1.29 is 0 Å². The summed E-state index contributed by atoms with van der Waals surface area (Å²) in [5.74, 6) is 0. The van der Waals surface area contributed by atoms with Crippen LogP contribution < -0.4 is 5.73 Å². The van der Waals surface area contributed by atoms with Gasteiger partial charge in [-0.15, -0.1) is 11.3 Å². The van der Waals surface area contributed by atoms with E-state index < -0.39 is 0 Å². The average Bonchev–Trinajstić information content (AvgIpc) is 2.81. The van der Waals surface area contributed by atoms with E-state index in [9.17, 15) is 0 Å². The molecule has 0 saturated carbocycles. The molecule has 1 aromatic carbocycles. The van der Waals surface area contributed by atoms with Crippen LogP contribution in [0, 0.1) is 6.92 Å². The number of hydrogen-bond acceptors (Lipinski definition) is 2. The summed E-state index contributed by atoms with van der Waals surface area (Å²) in [4.78, 5) is 2.41. The number of hydrogen-bond donors (Lipinski definition) is 1. The second kappa shape index (κ2) is 5.21. The molecular formula is C14H16ClNS. The molecule has 1 unspecified atom stereocenters. The molecule has 1 aromatic heterocycles. The van der Waals surface area contributed by atoms with Crippen LogP contribution in [0.15, 0.2) is 30.3 Å². The first-order valence-electron chi connectivity index (χ1n) is 5.74. The highest BCUT2D eigenvalue weighted by Crippen LogP contribution is 2.36. The van der Waals surface area contributed by atoms with Gasteiger partial charge in [0, 0.05) is 21.4 Å². The van der Waals surface area contributed by atoms with Crippen molar-refractivity contribution in [2.24, 2.45) is 5.73 Å². The molecule has 0 aliphatic heterocycles. The Labute approximate surface area is 111 Å². The van der Waals surface area contributed by atoms with E-state index >= 15 is 0 Å². The summed E-state index contributed by atoms with van der Waals surface area (Å²) < 4.78 is 0. The Hall–Kier alpha value is -0.830. The van der Waals surface area contributed by atoms with Crippen molar-refractivity contribution in [2.45, 2.75) is 26.3 Å². The van der Waals surface area contributed by atoms with E-state index in [4.69, 9.17) is 17.3 Å². The van der Waals surface area contributed by atoms with E-state index in [1.807, 2.05) is 19.1 Å². The molecule has 0 radical (unpaired) electrons. The van der Waals surface area contributed by atoms with E-state index in [1.165, 1.54) is 9.75 Å². The number of nitrogens with two attached hydrogens (primary N) is 1. The van der Waals surface area contributed by atoms with Crippen LogP contribution in [0.1, 0.15) is 29.8 Å². The molecule has 17 heavy (non-hydrogen) atoms. The molecular weight excluding hydrogens is 250 g/mol. The maximum absolute atomic E-state index is 6.33. The molecule has 3 heteroatoms. The third kappa shape index (κ3) is 2.54. The summed E-state index contributed by atoms with van der Waals surface area (Å²) in [7, 11) is 0. The van der Waals surface area contributed by atoms with Crippen molar-refractivity contribution in [1.82, 2.24) is 0 Å². The standard InChI is InChI=1S/C14H16ClNS/c1-3-11(16)13-8-7-12(17-13)10-6-4-5-9(2)14(10)15/h4-8,11H,3,16H2,1-2H3. The fourth-order valence-corrected chi connectivity index (χ4v) is 3.14. The largest absolute Gasteiger partial charge is 0.323 e. The highest BCUT2D eigenvalue weighted by Gasteiger charge is 2.11. The number of halogens is 1. The SMILES string of the molecule is CCC(N)c1ccc(-c2cccc(C)c2Cl)s1. The number of thiophene rings is 1. The minimum Gasteiger partial charge on any atom is -0.323 e. The maximum Gasteiger partial charge on any atom is 0.0521 e. The van der Waals surface area contributed by atoms with Gasteiger partial charge in [-0.05, 0) is 31.0 Å². The topological polar surface area (TPSA) is 26.0 Å². The molecule has 2 rings (SSSR count). The van der Waals surface area contributed by atoms with Crippen LogP contribution >= 0.6 is 22.9 Å². The van der Waals surface area contributed by atoms with Gasteiger partial charge in [0.1, 0.15) is 0 Å². The van der Waals surface area contributed by atoms with E-state index in [0.29, 0.717) is 0 Å². The van der Waals surface area contributed by atoms with Gasteiger partial charge in [-0.3, -0.25) is 0 Å². The van der Waals surface area contributed by atoms with E-state index in [1.54, 1.807) is 11.3 Å². The van der Waals surface area contributed by atoms with Crippen molar-refractivity contribution >= 4 is 22.9 Å². The molecule has 0 bridgehead atoms. The van der Waals surface area contributed by atoms with E-state index in [-0.39, 0.29) is 6.04 Å². The number of aryl methyl sites for hydroxylation is 1. The Bertz CT molecular complexity index is 519. The Kier molecular flexibility index (Phi) is 3.87. The summed E-state index contributed by atoms with van der Waals surface area (Å²) >= 11 is 8.06. The summed E-state index contributed by atoms with van der Waals surface area (Å²) in [6.07, 6.45) is 0.960. The Morgan fingerprint density at radius 1 is 1.29 bits per heavy atom. The lowest BCUT2D eigenvalue weighted by Crippen LogP contribution is -2.05. The summed E-state index contributed by atoms with van der Waals surface area (Å²) in [6, 6.07) is 10.5. The Morgan fingerprint density at radius 2 is 2.06 bits per heavy atom. The second-order valence-electron chi connectivity index (χ2n) is 4.15. The summed E-state index contributed by atoms with van der Waals surface area (Å²) in [5, 5.41) is 0.839. The van der Waals surface area contributed by atoms with Crippen LogP contribution in [-0.2, 0) is 0 Å². The fraction of sp³-hybridized carbons (Fsp3) is 0.286. The van der Waals surface area contributed by atoms with Gasteiger partial charge in [-0.2, -0.15) is 0 Å². The van der Waals surface area contributed by atoms with Crippen LogP contribution in [0.3, 0.4) is 0 Å². The highest BCUT2D eigenvalue weighted by molar-refractivity contribution is 7.15. The van der Waals surface area contributed by atoms with Gasteiger partial charge in [0.05, 0.1) is 5.02 Å². The van der Waals surface area contributed by atoms with Crippen LogP contribution in [0.4, 0.5) is 0 Å². The quantitative estimate of drug-likeness (QED) is 0.849. The first-order chi connectivity index (χ1) is 8.13. The van der Waals surface area contributed by atoms with Crippen molar-refractivity contribution in [3.63, 3.8) is 0 Å². The van der Waals surface area contributed by atoms with Gasteiger partial charge in [0.2, 0.25) is 0 Å². The first kappa shape index (κ1) is 12.6. The molecule has 2 N–H and O–H groups in total. The average molecular weight is 266 g/mol. The molecule has 0 spiro atoms. The van der Waals surface area contributed by atoms with Gasteiger partial charge >= 0.3 is 0 Å². The van der Waals surface area contributed by atoms with Crippen molar-refractivity contribution in [1.29, 1.82) is 0 Å². The molecule has 2 aromatic rings. The van der Waals surface area contributed by atoms with Crippen LogP contribution in [0.2, 0.25) is 5.02 Å². The monoisotopic (exact) mass is 265 g/mol. The molecule has 1 atom stereocenters. The van der Waals surface area contributed by atoms with Gasteiger partial charge in [-0.1, -0.05) is 36.7 Å². The lowest BCUT2D eigenvalue weighted by molar-refractivity contribution is 0.712. The number of benzene rings is 1. The zero-order valence-corrected chi connectivity index (χ0v) is 11.6. The Balaban J connectivity index is 2.40. The molecule has 0 saturated heterocycles. The van der Waals surface area contributed by atoms with Crippen molar-refractivity contribution in [2.75, 3.05) is 0 Å². The maximum atomic E-state index is 6.33. The van der Waals surface area contributed by atoms with Crippen LogP contribution in [-0.4, -0.2) is 0 Å². The van der Waals surface area contributed by atoms with Gasteiger partial charge in [0.25, 0.3) is 0 Å². The molecule has 0 amide bonds. The zero-order chi connectivity index (χ0) is 12.4. The van der Waals surface area contributed by atoms with Crippen LogP contribution in [0.25, 0.3) is 10.4 Å². The normalized spacial score (nSPS) is 12.7. The molecule has 90 valence electrons. The second-order valence-corrected chi connectivity index (χ2v) is 5.65. The number of rotatable bonds is 3.